The Morgan fingerprint density at radius 3 is 2.25 bits per heavy atom. The van der Waals surface area contributed by atoms with Crippen molar-refractivity contribution in [3.8, 4) is 0 Å². The van der Waals surface area contributed by atoms with E-state index in [0.29, 0.717) is 6.61 Å². The van der Waals surface area contributed by atoms with E-state index in [2.05, 4.69) is 6.92 Å². The van der Waals surface area contributed by atoms with Crippen molar-refractivity contribution in [1.29, 1.82) is 0 Å². The van der Waals surface area contributed by atoms with Crippen LogP contribution in [-0.4, -0.2) is 23.5 Å². The van der Waals surface area contributed by atoms with Gasteiger partial charge in [0, 0.05) is 6.42 Å². The predicted molar refractivity (Wildman–Crippen MR) is 95.4 cm³/mol. The van der Waals surface area contributed by atoms with Crippen molar-refractivity contribution in [3.63, 3.8) is 0 Å². The van der Waals surface area contributed by atoms with Gasteiger partial charge in [-0.2, -0.15) is 0 Å². The van der Waals surface area contributed by atoms with Gasteiger partial charge in [-0.25, -0.2) is 4.79 Å². The number of hydrogen-bond acceptors (Lipinski definition) is 4. The first kappa shape index (κ1) is 20.7. The van der Waals surface area contributed by atoms with E-state index in [0.717, 1.165) is 18.4 Å². The van der Waals surface area contributed by atoms with E-state index < -0.39 is 11.8 Å². The predicted octanol–water partition coefficient (Wildman–Crippen LogP) is 4.60. The van der Waals surface area contributed by atoms with Crippen molar-refractivity contribution in [1.82, 2.24) is 0 Å². The summed E-state index contributed by atoms with van der Waals surface area (Å²) in [6.07, 6.45) is 8.32. The lowest BCUT2D eigenvalue weighted by Crippen LogP contribution is -2.42. The van der Waals surface area contributed by atoms with E-state index in [9.17, 15) is 9.90 Å². The monoisotopic (exact) mass is 336 g/mol. The minimum atomic E-state index is -1.84. The molecule has 1 unspecified atom stereocenters. The van der Waals surface area contributed by atoms with Crippen molar-refractivity contribution in [2.75, 3.05) is 6.61 Å². The maximum Gasteiger partial charge on any atom is 0.366 e. The maximum absolute atomic E-state index is 12.1. The molecular formula is C20H32O4. The fourth-order valence-electron chi connectivity index (χ4n) is 2.44. The van der Waals surface area contributed by atoms with Crippen LogP contribution >= 0.6 is 0 Å². The number of rotatable bonds is 13. The second kappa shape index (κ2) is 12.0. The fraction of sp³-hybridized carbons (Fsp3) is 0.650. The summed E-state index contributed by atoms with van der Waals surface area (Å²) in [6.45, 7) is 4.44. The van der Waals surface area contributed by atoms with Gasteiger partial charge in [0.25, 0.3) is 5.79 Å². The molecule has 136 valence electrons. The van der Waals surface area contributed by atoms with Crippen LogP contribution in [0.2, 0.25) is 0 Å². The Morgan fingerprint density at radius 2 is 1.62 bits per heavy atom. The number of carbonyl (C=O) groups is 1. The number of aliphatic hydroxyl groups is 1. The smallest absolute Gasteiger partial charge is 0.366 e. The Balaban J connectivity index is 2.24. The van der Waals surface area contributed by atoms with Crippen LogP contribution in [0.25, 0.3) is 0 Å². The Kier molecular flexibility index (Phi) is 10.4. The molecule has 4 heteroatoms. The van der Waals surface area contributed by atoms with E-state index in [1.807, 2.05) is 30.3 Å². The molecule has 0 aliphatic heterocycles. The molecule has 0 aliphatic rings. The Hall–Kier alpha value is -1.39. The van der Waals surface area contributed by atoms with E-state index in [4.69, 9.17) is 9.47 Å². The largest absolute Gasteiger partial charge is 0.457 e. The zero-order valence-corrected chi connectivity index (χ0v) is 15.1. The van der Waals surface area contributed by atoms with E-state index >= 15 is 0 Å². The molecule has 0 bridgehead atoms. The first-order chi connectivity index (χ1) is 11.6. The molecule has 0 spiro atoms. The molecule has 0 saturated heterocycles. The summed E-state index contributed by atoms with van der Waals surface area (Å²) in [5.41, 5.74) is 0.886. The van der Waals surface area contributed by atoms with Crippen LogP contribution in [0.5, 0.6) is 0 Å². The summed E-state index contributed by atoms with van der Waals surface area (Å²) in [5.74, 6) is -2.55. The van der Waals surface area contributed by atoms with Gasteiger partial charge in [0.1, 0.15) is 6.61 Å². The third-order valence-electron chi connectivity index (χ3n) is 4.10. The zero-order valence-electron chi connectivity index (χ0n) is 15.1. The summed E-state index contributed by atoms with van der Waals surface area (Å²) in [6, 6.07) is 9.41. The number of esters is 1. The fourth-order valence-corrected chi connectivity index (χ4v) is 2.44. The molecular weight excluding hydrogens is 304 g/mol. The van der Waals surface area contributed by atoms with E-state index in [1.165, 1.54) is 32.1 Å². The summed E-state index contributed by atoms with van der Waals surface area (Å²) in [4.78, 5) is 12.1. The molecule has 1 rings (SSSR count). The number of unbranched alkanes of at least 4 members (excludes halogenated alkanes) is 6. The van der Waals surface area contributed by atoms with Crippen LogP contribution in [0.1, 0.15) is 70.8 Å². The highest BCUT2D eigenvalue weighted by molar-refractivity contribution is 5.77. The molecule has 0 aliphatic carbocycles. The Bertz CT molecular complexity index is 446. The number of ether oxygens (including phenoxy) is 2. The topological polar surface area (TPSA) is 55.8 Å². The normalized spacial score (nSPS) is 13.5. The van der Waals surface area contributed by atoms with Gasteiger partial charge >= 0.3 is 5.97 Å². The average molecular weight is 336 g/mol. The minimum Gasteiger partial charge on any atom is -0.457 e. The average Bonchev–Trinajstić information content (AvgIpc) is 2.62. The molecule has 0 radical (unpaired) electrons. The zero-order chi connectivity index (χ0) is 17.7. The summed E-state index contributed by atoms with van der Waals surface area (Å²) in [5, 5.41) is 10.3. The van der Waals surface area contributed by atoms with Crippen LogP contribution in [-0.2, 0) is 20.9 Å². The highest BCUT2D eigenvalue weighted by Crippen LogP contribution is 2.17. The molecule has 1 aromatic rings. The van der Waals surface area contributed by atoms with Gasteiger partial charge in [-0.05, 0) is 12.0 Å². The first-order valence-corrected chi connectivity index (χ1v) is 9.20. The van der Waals surface area contributed by atoms with Gasteiger partial charge in [-0.1, -0.05) is 82.7 Å². The summed E-state index contributed by atoms with van der Waals surface area (Å²) >= 11 is 0. The number of benzene rings is 1. The van der Waals surface area contributed by atoms with Gasteiger partial charge in [0.15, 0.2) is 0 Å². The molecule has 24 heavy (non-hydrogen) atoms. The summed E-state index contributed by atoms with van der Waals surface area (Å²) < 4.78 is 10.6. The molecule has 1 aromatic carbocycles. The quantitative estimate of drug-likeness (QED) is 0.325. The van der Waals surface area contributed by atoms with Gasteiger partial charge in [-0.15, -0.1) is 0 Å². The second-order valence-corrected chi connectivity index (χ2v) is 6.17. The van der Waals surface area contributed by atoms with Crippen molar-refractivity contribution in [2.45, 2.75) is 77.6 Å². The van der Waals surface area contributed by atoms with Crippen molar-refractivity contribution in [3.05, 3.63) is 35.9 Å². The molecule has 0 saturated carbocycles. The van der Waals surface area contributed by atoms with Crippen LogP contribution in [0, 0.1) is 0 Å². The maximum atomic E-state index is 12.1. The SMILES string of the molecule is CCCCCCCCCOC(O)(CC)C(=O)OCc1ccccc1. The first-order valence-electron chi connectivity index (χ1n) is 9.20. The lowest BCUT2D eigenvalue weighted by molar-refractivity contribution is -0.230. The van der Waals surface area contributed by atoms with Crippen molar-refractivity contribution < 1.29 is 19.4 Å². The van der Waals surface area contributed by atoms with Crippen LogP contribution < -0.4 is 0 Å². The Labute approximate surface area is 146 Å². The highest BCUT2D eigenvalue weighted by atomic mass is 16.7. The molecule has 0 amide bonds. The lowest BCUT2D eigenvalue weighted by atomic mass is 10.1. The van der Waals surface area contributed by atoms with Crippen molar-refractivity contribution in [2.24, 2.45) is 0 Å². The highest BCUT2D eigenvalue weighted by Gasteiger charge is 2.37. The van der Waals surface area contributed by atoms with Gasteiger partial charge in [-0.3, -0.25) is 0 Å². The molecule has 0 aromatic heterocycles. The molecule has 1 atom stereocenters. The number of carbonyl (C=O) groups excluding carboxylic acids is 1. The lowest BCUT2D eigenvalue weighted by Gasteiger charge is -2.24. The van der Waals surface area contributed by atoms with Crippen LogP contribution in [0.15, 0.2) is 30.3 Å². The Morgan fingerprint density at radius 1 is 1.00 bits per heavy atom. The molecule has 4 nitrogen and oxygen atoms in total. The van der Waals surface area contributed by atoms with Crippen LogP contribution in [0.4, 0.5) is 0 Å². The molecule has 1 N–H and O–H groups in total. The van der Waals surface area contributed by atoms with Gasteiger partial charge in [0.05, 0.1) is 6.61 Å². The summed E-state index contributed by atoms with van der Waals surface area (Å²) in [7, 11) is 0. The van der Waals surface area contributed by atoms with E-state index in [-0.39, 0.29) is 13.0 Å². The van der Waals surface area contributed by atoms with E-state index in [1.54, 1.807) is 6.92 Å². The minimum absolute atomic E-state index is 0.142. The van der Waals surface area contributed by atoms with Gasteiger partial charge in [0.2, 0.25) is 0 Å². The second-order valence-electron chi connectivity index (χ2n) is 6.17. The number of hydrogen-bond donors (Lipinski definition) is 1. The standard InChI is InChI=1S/C20H32O4/c1-3-5-6-7-8-9-13-16-24-20(22,4-2)19(21)23-17-18-14-11-10-12-15-18/h10-12,14-15,22H,3-9,13,16-17H2,1-2H3. The third kappa shape index (κ3) is 7.93. The molecule has 0 heterocycles. The van der Waals surface area contributed by atoms with Gasteiger partial charge < -0.3 is 14.6 Å². The third-order valence-corrected chi connectivity index (χ3v) is 4.10. The van der Waals surface area contributed by atoms with Crippen LogP contribution in [0.3, 0.4) is 0 Å². The van der Waals surface area contributed by atoms with Crippen molar-refractivity contribution >= 4 is 5.97 Å². The molecule has 0 fully saturated rings.